The van der Waals surface area contributed by atoms with Gasteiger partial charge in [0.05, 0.1) is 11.8 Å². The molecule has 38 heavy (non-hydrogen) atoms. The van der Waals surface area contributed by atoms with Gasteiger partial charge in [-0.05, 0) is 68.2 Å². The number of aryl methyl sites for hydroxylation is 2. The monoisotopic (exact) mass is 539 g/mol. The van der Waals surface area contributed by atoms with Gasteiger partial charge in [-0.25, -0.2) is 0 Å². The third-order valence-electron chi connectivity index (χ3n) is 8.63. The van der Waals surface area contributed by atoms with E-state index in [1.165, 1.54) is 21.6 Å². The Kier molecular flexibility index (Phi) is 4.84. The first-order chi connectivity index (χ1) is 18.5. The van der Waals surface area contributed by atoms with Gasteiger partial charge in [-0.2, -0.15) is 0 Å². The highest BCUT2D eigenvalue weighted by Gasteiger charge is 2.52. The van der Waals surface area contributed by atoms with E-state index >= 15 is 0 Å². The maximum absolute atomic E-state index is 13.6. The van der Waals surface area contributed by atoms with Gasteiger partial charge in [0.1, 0.15) is 16.4 Å². The summed E-state index contributed by atoms with van der Waals surface area (Å²) in [6.07, 6.45) is 5.33. The van der Waals surface area contributed by atoms with Crippen molar-refractivity contribution >= 4 is 34.6 Å². The summed E-state index contributed by atoms with van der Waals surface area (Å²) in [5.41, 5.74) is 6.46. The Morgan fingerprint density at radius 2 is 1.92 bits per heavy atom. The molecule has 1 aliphatic heterocycles. The summed E-state index contributed by atoms with van der Waals surface area (Å²) < 4.78 is 2.21. The first-order valence-electron chi connectivity index (χ1n) is 13.3. The predicted molar refractivity (Wildman–Crippen MR) is 149 cm³/mol. The number of aliphatic imine (C=N–C) groups is 1. The van der Waals surface area contributed by atoms with Gasteiger partial charge in [-0.3, -0.25) is 14.4 Å². The number of nitrogens with one attached hydrogen (secondary N) is 1. The van der Waals surface area contributed by atoms with Crippen LogP contribution in [0.1, 0.15) is 69.6 Å². The van der Waals surface area contributed by atoms with Gasteiger partial charge >= 0.3 is 0 Å². The van der Waals surface area contributed by atoms with Crippen molar-refractivity contribution in [3.8, 4) is 5.00 Å². The first-order valence-corrected chi connectivity index (χ1v) is 14.5. The third kappa shape index (κ3) is 3.24. The van der Waals surface area contributed by atoms with Crippen molar-refractivity contribution in [3.05, 3.63) is 97.9 Å². The molecule has 4 aliphatic rings. The van der Waals surface area contributed by atoms with Crippen LogP contribution in [0.2, 0.25) is 5.02 Å². The average molecular weight is 540 g/mol. The number of carbonyl (C=O) groups is 1. The van der Waals surface area contributed by atoms with Gasteiger partial charge in [-0.1, -0.05) is 54.1 Å². The zero-order chi connectivity index (χ0) is 25.6. The summed E-state index contributed by atoms with van der Waals surface area (Å²) in [6, 6.07) is 16.5. The number of amides is 1. The minimum Gasteiger partial charge on any atom is -0.349 e. The fourth-order valence-corrected chi connectivity index (χ4v) is 8.22. The smallest absolute Gasteiger partial charge is 0.224 e. The Morgan fingerprint density at radius 3 is 2.76 bits per heavy atom. The number of hydrogen-bond donors (Lipinski definition) is 1. The van der Waals surface area contributed by atoms with Crippen molar-refractivity contribution in [2.24, 2.45) is 10.9 Å². The molecule has 2 atom stereocenters. The van der Waals surface area contributed by atoms with E-state index in [4.69, 9.17) is 16.6 Å². The lowest BCUT2D eigenvalue weighted by atomic mass is 9.97. The molecule has 1 N–H and O–H groups in total. The molecule has 0 radical (unpaired) electrons. The number of aromatic nitrogens is 3. The lowest BCUT2D eigenvalue weighted by Gasteiger charge is -2.18. The third-order valence-corrected chi connectivity index (χ3v) is 10.2. The number of thiophene rings is 1. The summed E-state index contributed by atoms with van der Waals surface area (Å²) >= 11 is 8.53. The molecule has 6 nitrogen and oxygen atoms in total. The molecule has 0 bridgehead atoms. The molecule has 3 aliphatic carbocycles. The second-order valence-electron chi connectivity index (χ2n) is 11.0. The lowest BCUT2D eigenvalue weighted by molar-refractivity contribution is -0.125. The van der Waals surface area contributed by atoms with E-state index in [2.05, 4.69) is 50.4 Å². The molecule has 4 aromatic rings. The SMILES string of the molecule is Cc1nnc2n1-c1sc3c(c1C(c1ccccc1Cl)=NC21CC1)C[C@H](C(=O)N[C@@H]1CCc2ccccc21)C3. The average Bonchev–Trinajstić information content (AvgIpc) is 3.21. The normalized spacial score (nSPS) is 21.8. The highest BCUT2D eigenvalue weighted by molar-refractivity contribution is 7.15. The topological polar surface area (TPSA) is 72.2 Å². The van der Waals surface area contributed by atoms with Gasteiger partial charge in [0, 0.05) is 26.9 Å². The number of halogens is 1. The van der Waals surface area contributed by atoms with Gasteiger partial charge in [0.25, 0.3) is 0 Å². The summed E-state index contributed by atoms with van der Waals surface area (Å²) in [5.74, 6) is 1.86. The number of hydrogen-bond acceptors (Lipinski definition) is 5. The molecule has 8 heteroatoms. The van der Waals surface area contributed by atoms with Crippen molar-refractivity contribution in [2.75, 3.05) is 0 Å². The minimum atomic E-state index is -0.355. The van der Waals surface area contributed by atoms with Gasteiger partial charge in [0.2, 0.25) is 5.91 Å². The molecule has 1 saturated carbocycles. The van der Waals surface area contributed by atoms with E-state index in [1.54, 1.807) is 11.3 Å². The summed E-state index contributed by atoms with van der Waals surface area (Å²) in [4.78, 5) is 20.2. The van der Waals surface area contributed by atoms with Crippen molar-refractivity contribution in [2.45, 2.75) is 57.0 Å². The summed E-state index contributed by atoms with van der Waals surface area (Å²) in [6.45, 7) is 2.01. The molecule has 1 fully saturated rings. The highest BCUT2D eigenvalue weighted by Crippen LogP contribution is 2.54. The number of carbonyl (C=O) groups excluding carboxylic acids is 1. The van der Waals surface area contributed by atoms with Crippen LogP contribution in [0.5, 0.6) is 0 Å². The Morgan fingerprint density at radius 1 is 1.11 bits per heavy atom. The number of fused-ring (bicyclic) bond motifs is 7. The Labute approximate surface area is 229 Å². The Bertz CT molecular complexity index is 1680. The number of benzene rings is 2. The van der Waals surface area contributed by atoms with Crippen LogP contribution in [0.25, 0.3) is 5.00 Å². The molecule has 1 amide bonds. The van der Waals surface area contributed by atoms with Crippen LogP contribution in [0.3, 0.4) is 0 Å². The largest absolute Gasteiger partial charge is 0.349 e. The molecule has 1 spiro atoms. The maximum Gasteiger partial charge on any atom is 0.224 e. The van der Waals surface area contributed by atoms with E-state index in [-0.39, 0.29) is 23.4 Å². The summed E-state index contributed by atoms with van der Waals surface area (Å²) in [5, 5.41) is 14.2. The van der Waals surface area contributed by atoms with E-state index in [0.717, 1.165) is 65.6 Å². The predicted octanol–water partition coefficient (Wildman–Crippen LogP) is 5.65. The zero-order valence-electron chi connectivity index (χ0n) is 21.0. The fourth-order valence-electron chi connectivity index (χ4n) is 6.53. The molecule has 2 aromatic heterocycles. The Hall–Kier alpha value is -3.29. The second kappa shape index (κ2) is 8.10. The molecule has 0 saturated heterocycles. The van der Waals surface area contributed by atoms with Crippen LogP contribution in [-0.2, 0) is 29.6 Å². The number of nitrogens with zero attached hydrogens (tertiary/aromatic N) is 4. The molecule has 190 valence electrons. The van der Waals surface area contributed by atoms with E-state index in [9.17, 15) is 4.79 Å². The fraction of sp³-hybridized carbons (Fsp3) is 0.333. The van der Waals surface area contributed by atoms with Crippen molar-refractivity contribution in [3.63, 3.8) is 0 Å². The van der Waals surface area contributed by atoms with Crippen LogP contribution in [0.4, 0.5) is 0 Å². The van der Waals surface area contributed by atoms with E-state index in [1.807, 2.05) is 25.1 Å². The van der Waals surface area contributed by atoms with Crippen LogP contribution in [-0.4, -0.2) is 26.4 Å². The minimum absolute atomic E-state index is 0.0820. The van der Waals surface area contributed by atoms with Crippen molar-refractivity contribution in [1.29, 1.82) is 0 Å². The quantitative estimate of drug-likeness (QED) is 0.366. The molecule has 8 rings (SSSR count). The lowest BCUT2D eigenvalue weighted by Crippen LogP contribution is -2.33. The molecule has 3 heterocycles. The van der Waals surface area contributed by atoms with Gasteiger partial charge < -0.3 is 5.32 Å². The molecule has 2 aromatic carbocycles. The number of rotatable bonds is 3. The van der Waals surface area contributed by atoms with Crippen molar-refractivity contribution in [1.82, 2.24) is 20.1 Å². The highest BCUT2D eigenvalue weighted by atomic mass is 35.5. The van der Waals surface area contributed by atoms with Crippen molar-refractivity contribution < 1.29 is 4.79 Å². The molecular weight excluding hydrogens is 514 g/mol. The maximum atomic E-state index is 13.6. The molecule has 0 unspecified atom stereocenters. The standard InChI is InChI=1S/C30H26ClN5OS/c1-16-34-35-29-30(12-13-30)33-26(20-8-4-5-9-22(20)31)25-21-14-18(15-24(21)38-28(25)36(16)29)27(37)32-23-11-10-17-6-2-3-7-19(17)23/h2-9,18,23H,10-15H2,1H3,(H,32,37)/t18-,23+/m0/s1. The van der Waals surface area contributed by atoms with Crippen LogP contribution in [0, 0.1) is 12.8 Å². The second-order valence-corrected chi connectivity index (χ2v) is 12.5. The van der Waals surface area contributed by atoms with E-state index in [0.29, 0.717) is 11.4 Å². The van der Waals surface area contributed by atoms with Crippen LogP contribution >= 0.6 is 22.9 Å². The Balaban J connectivity index is 1.20. The van der Waals surface area contributed by atoms with Crippen LogP contribution < -0.4 is 5.32 Å². The molecular formula is C30H26ClN5OS. The van der Waals surface area contributed by atoms with E-state index < -0.39 is 0 Å². The van der Waals surface area contributed by atoms with Gasteiger partial charge in [-0.15, -0.1) is 21.5 Å². The first kappa shape index (κ1) is 22.7. The summed E-state index contributed by atoms with van der Waals surface area (Å²) in [7, 11) is 0. The zero-order valence-corrected chi connectivity index (χ0v) is 22.6. The van der Waals surface area contributed by atoms with Crippen LogP contribution in [0.15, 0.2) is 53.5 Å². The van der Waals surface area contributed by atoms with Gasteiger partial charge in [0.15, 0.2) is 5.82 Å².